The van der Waals surface area contributed by atoms with Crippen molar-refractivity contribution in [3.8, 4) is 0 Å². The number of rotatable bonds is 6. The van der Waals surface area contributed by atoms with Crippen molar-refractivity contribution < 1.29 is 0 Å². The van der Waals surface area contributed by atoms with Gasteiger partial charge in [0.15, 0.2) is 0 Å². The Morgan fingerprint density at radius 1 is 1.14 bits per heavy atom. The quantitative estimate of drug-likeness (QED) is 0.575. The number of benzene rings is 1. The second-order valence-corrected chi connectivity index (χ2v) is 3.87. The van der Waals surface area contributed by atoms with Gasteiger partial charge in [0, 0.05) is 0 Å². The summed E-state index contributed by atoms with van der Waals surface area (Å²) in [5.41, 5.74) is 1.50. The molecule has 1 atom stereocenters. The Labute approximate surface area is 88.4 Å². The normalized spacial score (nSPS) is 12.7. The number of hydrogen-bond donors (Lipinski definition) is 0. The summed E-state index contributed by atoms with van der Waals surface area (Å²) in [7, 11) is 0. The summed E-state index contributed by atoms with van der Waals surface area (Å²) < 4.78 is 0. The van der Waals surface area contributed by atoms with E-state index in [0.717, 1.165) is 12.3 Å². The Hall–Kier alpha value is -0.780. The molecule has 0 saturated heterocycles. The van der Waals surface area contributed by atoms with E-state index in [4.69, 9.17) is 0 Å². The molecule has 0 aliphatic carbocycles. The van der Waals surface area contributed by atoms with Gasteiger partial charge in [0.1, 0.15) is 0 Å². The summed E-state index contributed by atoms with van der Waals surface area (Å²) >= 11 is 0. The Kier molecular flexibility index (Phi) is 5.36. The Morgan fingerprint density at radius 2 is 1.86 bits per heavy atom. The summed E-state index contributed by atoms with van der Waals surface area (Å²) in [6.45, 7) is 6.16. The van der Waals surface area contributed by atoms with E-state index in [-0.39, 0.29) is 0 Å². The van der Waals surface area contributed by atoms with Gasteiger partial charge < -0.3 is 0 Å². The highest BCUT2D eigenvalue weighted by Gasteiger charge is 2.07. The van der Waals surface area contributed by atoms with Crippen LogP contribution in [0, 0.1) is 6.92 Å². The highest BCUT2D eigenvalue weighted by atomic mass is 14.1. The minimum absolute atomic E-state index is 0.753. The predicted octanol–water partition coefficient (Wildman–Crippen LogP) is 4.57. The molecule has 0 bridgehead atoms. The first-order chi connectivity index (χ1) is 6.88. The van der Waals surface area contributed by atoms with Crippen molar-refractivity contribution in [2.75, 3.05) is 0 Å². The van der Waals surface area contributed by atoms with Crippen molar-refractivity contribution >= 4 is 0 Å². The SMILES string of the molecule is [CH2]CCCCC(CC)c1ccccc1. The third-order valence-corrected chi connectivity index (χ3v) is 2.82. The maximum Gasteiger partial charge on any atom is -0.0165 e. The lowest BCUT2D eigenvalue weighted by atomic mass is 9.91. The van der Waals surface area contributed by atoms with E-state index in [0.29, 0.717) is 0 Å². The lowest BCUT2D eigenvalue weighted by molar-refractivity contribution is 0.559. The molecule has 77 valence electrons. The van der Waals surface area contributed by atoms with Crippen LogP contribution in [0.15, 0.2) is 30.3 Å². The smallest absolute Gasteiger partial charge is 0.0165 e. The van der Waals surface area contributed by atoms with Crippen LogP contribution < -0.4 is 0 Å². The molecule has 0 heteroatoms. The van der Waals surface area contributed by atoms with E-state index in [9.17, 15) is 0 Å². The summed E-state index contributed by atoms with van der Waals surface area (Å²) in [6.07, 6.45) is 6.22. The standard InChI is InChI=1S/C14H21/c1-3-5-7-10-13(4-2)14-11-8-6-9-12-14/h6,8-9,11-13H,1,3-5,7,10H2,2H3. The van der Waals surface area contributed by atoms with Crippen LogP contribution in [0.1, 0.15) is 50.5 Å². The first-order valence-electron chi connectivity index (χ1n) is 5.72. The molecule has 0 fully saturated rings. The zero-order valence-corrected chi connectivity index (χ0v) is 9.21. The molecular formula is C14H21. The lowest BCUT2D eigenvalue weighted by Gasteiger charge is -2.14. The van der Waals surface area contributed by atoms with Crippen LogP contribution in [0.25, 0.3) is 0 Å². The first kappa shape index (κ1) is 11.3. The summed E-state index contributed by atoms with van der Waals surface area (Å²) in [4.78, 5) is 0. The average molecular weight is 189 g/mol. The van der Waals surface area contributed by atoms with Gasteiger partial charge in [0.25, 0.3) is 0 Å². The van der Waals surface area contributed by atoms with Crippen molar-refractivity contribution in [2.45, 2.75) is 44.9 Å². The van der Waals surface area contributed by atoms with E-state index < -0.39 is 0 Å². The van der Waals surface area contributed by atoms with Crippen LogP contribution in [0.3, 0.4) is 0 Å². The molecule has 0 nitrogen and oxygen atoms in total. The van der Waals surface area contributed by atoms with Gasteiger partial charge in [-0.25, -0.2) is 0 Å². The minimum Gasteiger partial charge on any atom is -0.0648 e. The van der Waals surface area contributed by atoms with Crippen molar-refractivity contribution in [1.82, 2.24) is 0 Å². The molecule has 1 radical (unpaired) electrons. The molecular weight excluding hydrogens is 168 g/mol. The van der Waals surface area contributed by atoms with Crippen LogP contribution in [0.2, 0.25) is 0 Å². The van der Waals surface area contributed by atoms with Gasteiger partial charge in [-0.05, 0) is 24.3 Å². The van der Waals surface area contributed by atoms with Crippen LogP contribution in [-0.2, 0) is 0 Å². The number of unbranched alkanes of at least 4 members (excludes halogenated alkanes) is 2. The minimum atomic E-state index is 0.753. The van der Waals surface area contributed by atoms with Crippen LogP contribution in [0.4, 0.5) is 0 Å². The molecule has 0 amide bonds. The average Bonchev–Trinajstić information content (AvgIpc) is 2.26. The summed E-state index contributed by atoms with van der Waals surface area (Å²) in [5.74, 6) is 0.753. The van der Waals surface area contributed by atoms with Crippen LogP contribution >= 0.6 is 0 Å². The molecule has 0 N–H and O–H groups in total. The molecule has 1 aromatic carbocycles. The first-order valence-corrected chi connectivity index (χ1v) is 5.72. The van der Waals surface area contributed by atoms with E-state index in [1.165, 1.54) is 31.2 Å². The zero-order chi connectivity index (χ0) is 10.2. The molecule has 1 unspecified atom stereocenters. The van der Waals surface area contributed by atoms with Crippen molar-refractivity contribution in [2.24, 2.45) is 0 Å². The molecule has 0 aliphatic heterocycles. The van der Waals surface area contributed by atoms with Gasteiger partial charge >= 0.3 is 0 Å². The molecule has 0 aromatic heterocycles. The van der Waals surface area contributed by atoms with Crippen molar-refractivity contribution in [3.63, 3.8) is 0 Å². The lowest BCUT2D eigenvalue weighted by Crippen LogP contribution is -1.96. The van der Waals surface area contributed by atoms with Crippen LogP contribution in [0.5, 0.6) is 0 Å². The van der Waals surface area contributed by atoms with E-state index in [1.807, 2.05) is 0 Å². The summed E-state index contributed by atoms with van der Waals surface area (Å²) in [6, 6.07) is 10.9. The monoisotopic (exact) mass is 189 g/mol. The third kappa shape index (κ3) is 3.53. The van der Waals surface area contributed by atoms with Gasteiger partial charge in [-0.1, -0.05) is 63.4 Å². The van der Waals surface area contributed by atoms with Gasteiger partial charge in [-0.15, -0.1) is 0 Å². The second kappa shape index (κ2) is 6.64. The largest absolute Gasteiger partial charge is 0.0648 e. The van der Waals surface area contributed by atoms with Gasteiger partial charge in [-0.2, -0.15) is 0 Å². The molecule has 1 rings (SSSR count). The van der Waals surface area contributed by atoms with E-state index >= 15 is 0 Å². The van der Waals surface area contributed by atoms with Crippen molar-refractivity contribution in [1.29, 1.82) is 0 Å². The Morgan fingerprint density at radius 3 is 2.43 bits per heavy atom. The third-order valence-electron chi connectivity index (χ3n) is 2.82. The molecule has 0 spiro atoms. The fourth-order valence-corrected chi connectivity index (χ4v) is 1.90. The molecule has 14 heavy (non-hydrogen) atoms. The van der Waals surface area contributed by atoms with E-state index in [2.05, 4.69) is 44.2 Å². The predicted molar refractivity (Wildman–Crippen MR) is 63.3 cm³/mol. The molecule has 0 aliphatic rings. The Bertz CT molecular complexity index is 225. The fourth-order valence-electron chi connectivity index (χ4n) is 1.90. The highest BCUT2D eigenvalue weighted by molar-refractivity contribution is 5.19. The maximum absolute atomic E-state index is 3.88. The molecule has 0 saturated carbocycles. The fraction of sp³-hybridized carbons (Fsp3) is 0.500. The molecule has 0 heterocycles. The highest BCUT2D eigenvalue weighted by Crippen LogP contribution is 2.25. The van der Waals surface area contributed by atoms with Gasteiger partial charge in [0.05, 0.1) is 0 Å². The second-order valence-electron chi connectivity index (χ2n) is 3.87. The van der Waals surface area contributed by atoms with Crippen molar-refractivity contribution in [3.05, 3.63) is 42.8 Å². The topological polar surface area (TPSA) is 0 Å². The zero-order valence-electron chi connectivity index (χ0n) is 9.21. The number of hydrogen-bond acceptors (Lipinski definition) is 0. The maximum atomic E-state index is 3.88. The van der Waals surface area contributed by atoms with E-state index in [1.54, 1.807) is 0 Å². The Balaban J connectivity index is 2.46. The van der Waals surface area contributed by atoms with Crippen LogP contribution in [-0.4, -0.2) is 0 Å². The molecule has 1 aromatic rings. The summed E-state index contributed by atoms with van der Waals surface area (Å²) in [5, 5.41) is 0. The van der Waals surface area contributed by atoms with Gasteiger partial charge in [0.2, 0.25) is 0 Å². The van der Waals surface area contributed by atoms with Gasteiger partial charge in [-0.3, -0.25) is 0 Å².